The molecular formula is C26H31N7O. The number of amides is 1. The summed E-state index contributed by atoms with van der Waals surface area (Å²) in [5, 5.41) is 11.9. The first-order valence-corrected chi connectivity index (χ1v) is 12.1. The quantitative estimate of drug-likeness (QED) is 0.522. The number of likely N-dealkylation sites (tertiary alicyclic amines) is 1. The van der Waals surface area contributed by atoms with Gasteiger partial charge in [-0.05, 0) is 48.2 Å². The van der Waals surface area contributed by atoms with E-state index in [1.165, 1.54) is 16.8 Å². The molecule has 0 saturated carbocycles. The molecule has 0 unspecified atom stereocenters. The van der Waals surface area contributed by atoms with Gasteiger partial charge in [-0.25, -0.2) is 0 Å². The summed E-state index contributed by atoms with van der Waals surface area (Å²) in [4.78, 5) is 20.1. The van der Waals surface area contributed by atoms with Gasteiger partial charge in [0.05, 0.1) is 23.3 Å². The molecule has 2 saturated heterocycles. The van der Waals surface area contributed by atoms with Crippen LogP contribution in [0.1, 0.15) is 40.0 Å². The molecule has 1 aromatic heterocycles. The fourth-order valence-corrected chi connectivity index (χ4v) is 5.42. The number of carbonyl (C=O) groups excluding carboxylic acids is 1. The zero-order valence-electron chi connectivity index (χ0n) is 19.4. The van der Waals surface area contributed by atoms with Crippen LogP contribution in [0.4, 0.5) is 11.4 Å². The topological polar surface area (TPSA) is 93.5 Å². The van der Waals surface area contributed by atoms with Gasteiger partial charge in [0.15, 0.2) is 0 Å². The van der Waals surface area contributed by atoms with Crippen LogP contribution in [-0.2, 0) is 19.6 Å². The average molecular weight is 458 g/mol. The molecule has 0 radical (unpaired) electrons. The monoisotopic (exact) mass is 457 g/mol. The van der Waals surface area contributed by atoms with Crippen LogP contribution in [0.25, 0.3) is 10.9 Å². The third-order valence-electron chi connectivity index (χ3n) is 7.41. The number of H-pyrrole nitrogens is 1. The summed E-state index contributed by atoms with van der Waals surface area (Å²) < 4.78 is 0. The van der Waals surface area contributed by atoms with Crippen molar-refractivity contribution in [3.05, 3.63) is 65.0 Å². The Labute approximate surface area is 199 Å². The van der Waals surface area contributed by atoms with Crippen molar-refractivity contribution >= 4 is 28.2 Å². The van der Waals surface area contributed by atoms with Gasteiger partial charge in [0.1, 0.15) is 0 Å². The van der Waals surface area contributed by atoms with Gasteiger partial charge in [-0.2, -0.15) is 5.10 Å². The number of rotatable bonds is 4. The lowest BCUT2D eigenvalue weighted by Gasteiger charge is -2.29. The minimum Gasteiger partial charge on any atom is -0.398 e. The Morgan fingerprint density at radius 1 is 1.09 bits per heavy atom. The zero-order valence-corrected chi connectivity index (χ0v) is 19.4. The number of benzene rings is 2. The lowest BCUT2D eigenvalue weighted by Crippen LogP contribution is -2.43. The predicted octanol–water partition coefficient (Wildman–Crippen LogP) is 2.82. The second-order valence-electron chi connectivity index (χ2n) is 9.60. The molecule has 3 aliphatic rings. The molecule has 3 aliphatic heterocycles. The standard InChI is InChI=1S/C26H31N7O/c1-17-3-2-8-32(17)16-25-22-12-21(23(27)13-24(22)29-30-25)26(34)33-14-18-4-5-20(11-19(18)15-33)31-9-6-28-7-10-31/h4-5,11-13,28H,1-3,6-10,14-16,27H2,(H,29,30). The first kappa shape index (κ1) is 21.0. The Hall–Kier alpha value is -3.52. The average Bonchev–Trinajstić information content (AvgIpc) is 3.57. The third kappa shape index (κ3) is 3.68. The number of nitrogens with zero attached hydrogens (tertiary/aromatic N) is 4. The number of hydrogen-bond donors (Lipinski definition) is 3. The van der Waals surface area contributed by atoms with Crippen LogP contribution in [0.5, 0.6) is 0 Å². The number of allylic oxidation sites excluding steroid dienone is 1. The number of fused-ring (bicyclic) bond motifs is 2. The fraction of sp³-hybridized carbons (Fsp3) is 0.385. The summed E-state index contributed by atoms with van der Waals surface area (Å²) >= 11 is 0. The van der Waals surface area contributed by atoms with Crippen LogP contribution in [0.2, 0.25) is 0 Å². The summed E-state index contributed by atoms with van der Waals surface area (Å²) in [6, 6.07) is 10.3. The SMILES string of the molecule is C=C1CCCN1Cc1[nH]nc2cc(N)c(C(=O)N3Cc4ccc(N5CCNCC5)cc4C3)cc12. The zero-order chi connectivity index (χ0) is 23.2. The van der Waals surface area contributed by atoms with Crippen LogP contribution in [0.3, 0.4) is 0 Å². The van der Waals surface area contributed by atoms with Gasteiger partial charge in [-0.15, -0.1) is 0 Å². The maximum absolute atomic E-state index is 13.6. The van der Waals surface area contributed by atoms with Gasteiger partial charge in [0.25, 0.3) is 5.91 Å². The van der Waals surface area contributed by atoms with E-state index in [0.717, 1.165) is 74.4 Å². The van der Waals surface area contributed by atoms with E-state index in [0.29, 0.717) is 24.3 Å². The molecule has 4 N–H and O–H groups in total. The number of carbonyl (C=O) groups is 1. The van der Waals surface area contributed by atoms with E-state index in [4.69, 9.17) is 5.73 Å². The van der Waals surface area contributed by atoms with Crippen LogP contribution < -0.4 is 16.0 Å². The van der Waals surface area contributed by atoms with Gasteiger partial charge < -0.3 is 25.8 Å². The molecule has 176 valence electrons. The molecular weight excluding hydrogens is 426 g/mol. The second kappa shape index (κ2) is 8.36. The minimum absolute atomic E-state index is 0.0305. The Morgan fingerprint density at radius 2 is 1.91 bits per heavy atom. The van der Waals surface area contributed by atoms with Crippen molar-refractivity contribution in [1.82, 2.24) is 25.3 Å². The fourth-order valence-electron chi connectivity index (χ4n) is 5.42. The lowest BCUT2D eigenvalue weighted by atomic mass is 10.1. The molecule has 0 bridgehead atoms. The highest BCUT2D eigenvalue weighted by Gasteiger charge is 2.27. The second-order valence-corrected chi connectivity index (χ2v) is 9.60. The number of nitrogens with two attached hydrogens (primary N) is 1. The highest BCUT2D eigenvalue weighted by atomic mass is 16.2. The molecule has 1 amide bonds. The van der Waals surface area contributed by atoms with Crippen LogP contribution in [0, 0.1) is 0 Å². The van der Waals surface area contributed by atoms with Crippen LogP contribution in [0.15, 0.2) is 42.6 Å². The Balaban J connectivity index is 1.24. The minimum atomic E-state index is -0.0305. The highest BCUT2D eigenvalue weighted by molar-refractivity contribution is 6.04. The summed E-state index contributed by atoms with van der Waals surface area (Å²) in [5.74, 6) is -0.0305. The predicted molar refractivity (Wildman–Crippen MR) is 134 cm³/mol. The maximum atomic E-state index is 13.6. The van der Waals surface area contributed by atoms with Crippen LogP contribution in [-0.4, -0.2) is 58.6 Å². The van der Waals surface area contributed by atoms with Crippen molar-refractivity contribution in [1.29, 1.82) is 0 Å². The van der Waals surface area contributed by atoms with Crippen LogP contribution >= 0.6 is 0 Å². The Bertz CT molecular complexity index is 1270. The molecule has 8 heteroatoms. The van der Waals surface area contributed by atoms with E-state index in [-0.39, 0.29) is 5.91 Å². The van der Waals surface area contributed by atoms with Crippen molar-refractivity contribution in [3.63, 3.8) is 0 Å². The highest BCUT2D eigenvalue weighted by Crippen LogP contribution is 2.32. The number of hydrogen-bond acceptors (Lipinski definition) is 6. The summed E-state index contributed by atoms with van der Waals surface area (Å²) in [6.45, 7) is 11.1. The number of aromatic nitrogens is 2. The van der Waals surface area contributed by atoms with E-state index in [1.807, 2.05) is 17.0 Å². The molecule has 0 aliphatic carbocycles. The van der Waals surface area contributed by atoms with Crippen molar-refractivity contribution in [2.24, 2.45) is 0 Å². The van der Waals surface area contributed by atoms with Gasteiger partial charge in [0.2, 0.25) is 0 Å². The molecule has 2 aromatic carbocycles. The normalized spacial score (nSPS) is 18.2. The Morgan fingerprint density at radius 3 is 2.71 bits per heavy atom. The van der Waals surface area contributed by atoms with Crippen molar-refractivity contribution < 1.29 is 4.79 Å². The summed E-state index contributed by atoms with van der Waals surface area (Å²) in [5.41, 5.74) is 14.0. The van der Waals surface area contributed by atoms with E-state index in [1.54, 1.807) is 0 Å². The number of nitrogen functional groups attached to an aromatic ring is 1. The summed E-state index contributed by atoms with van der Waals surface area (Å²) in [6.07, 6.45) is 2.17. The number of nitrogens with one attached hydrogen (secondary N) is 2. The smallest absolute Gasteiger partial charge is 0.256 e. The first-order chi connectivity index (χ1) is 16.6. The number of piperazine rings is 1. The lowest BCUT2D eigenvalue weighted by molar-refractivity contribution is 0.0752. The van der Waals surface area contributed by atoms with Gasteiger partial charge >= 0.3 is 0 Å². The summed E-state index contributed by atoms with van der Waals surface area (Å²) in [7, 11) is 0. The van der Waals surface area contributed by atoms with E-state index in [9.17, 15) is 4.79 Å². The van der Waals surface area contributed by atoms with Crippen molar-refractivity contribution in [3.8, 4) is 0 Å². The molecule has 4 heterocycles. The molecule has 0 atom stereocenters. The largest absolute Gasteiger partial charge is 0.398 e. The number of aromatic amines is 1. The van der Waals surface area contributed by atoms with Gasteiger partial charge in [-0.1, -0.05) is 12.6 Å². The molecule has 34 heavy (non-hydrogen) atoms. The van der Waals surface area contributed by atoms with Gasteiger partial charge in [0, 0.05) is 68.3 Å². The molecule has 2 fully saturated rings. The molecule has 0 spiro atoms. The van der Waals surface area contributed by atoms with Gasteiger partial charge in [-0.3, -0.25) is 9.89 Å². The third-order valence-corrected chi connectivity index (χ3v) is 7.41. The molecule has 6 rings (SSSR count). The van der Waals surface area contributed by atoms with Crippen molar-refractivity contribution in [2.75, 3.05) is 43.4 Å². The van der Waals surface area contributed by atoms with E-state index in [2.05, 4.69) is 50.1 Å². The van der Waals surface area contributed by atoms with E-state index < -0.39 is 0 Å². The molecule has 3 aromatic rings. The number of anilines is 2. The van der Waals surface area contributed by atoms with Crippen molar-refractivity contribution in [2.45, 2.75) is 32.5 Å². The first-order valence-electron chi connectivity index (χ1n) is 12.1. The molecule has 8 nitrogen and oxygen atoms in total. The Kier molecular flexibility index (Phi) is 5.17. The maximum Gasteiger partial charge on any atom is 0.256 e. The van der Waals surface area contributed by atoms with E-state index >= 15 is 0 Å².